The van der Waals surface area contributed by atoms with Crippen LogP contribution in [0.25, 0.3) is 10.9 Å². The third-order valence-electron chi connectivity index (χ3n) is 5.02. The van der Waals surface area contributed by atoms with E-state index in [0.29, 0.717) is 23.9 Å². The van der Waals surface area contributed by atoms with Crippen LogP contribution in [0.3, 0.4) is 0 Å². The summed E-state index contributed by atoms with van der Waals surface area (Å²) >= 11 is 0. The van der Waals surface area contributed by atoms with Crippen molar-refractivity contribution in [1.29, 1.82) is 0 Å². The molecule has 0 bridgehead atoms. The molecule has 0 radical (unpaired) electrons. The van der Waals surface area contributed by atoms with Crippen molar-refractivity contribution in [1.82, 2.24) is 4.57 Å². The van der Waals surface area contributed by atoms with Crippen LogP contribution in [0.4, 0.5) is 5.69 Å². The summed E-state index contributed by atoms with van der Waals surface area (Å²) < 4.78 is 2.15. The first-order chi connectivity index (χ1) is 13.7. The molecule has 0 aliphatic heterocycles. The highest BCUT2D eigenvalue weighted by atomic mass is 16.4. The highest BCUT2D eigenvalue weighted by molar-refractivity contribution is 6.37. The van der Waals surface area contributed by atoms with Gasteiger partial charge in [0.2, 0.25) is 0 Å². The average Bonchev–Trinajstić information content (AvgIpc) is 2.97. The molecule has 0 fully saturated rings. The largest absolute Gasteiger partial charge is 0.508 e. The molecular weight excluding hydrogens is 368 g/mol. The number of hydrogen-bond donors (Lipinski definition) is 3. The molecule has 0 aliphatic rings. The van der Waals surface area contributed by atoms with Gasteiger partial charge in [-0.25, -0.2) is 4.79 Å². The van der Waals surface area contributed by atoms with E-state index >= 15 is 0 Å². The molecule has 3 aromatic rings. The number of nitrogens with zero attached hydrogens (tertiary/aromatic N) is 1. The monoisotopic (exact) mass is 394 g/mol. The fourth-order valence-electron chi connectivity index (χ4n) is 3.70. The van der Waals surface area contributed by atoms with Gasteiger partial charge in [-0.1, -0.05) is 32.0 Å². The van der Waals surface area contributed by atoms with Crippen LogP contribution in [0.5, 0.6) is 5.75 Å². The number of aryl methyl sites for hydroxylation is 2. The minimum Gasteiger partial charge on any atom is -0.508 e. The molecule has 0 aliphatic carbocycles. The first-order valence-corrected chi connectivity index (χ1v) is 9.62. The van der Waals surface area contributed by atoms with Gasteiger partial charge in [0.05, 0.1) is 11.2 Å². The van der Waals surface area contributed by atoms with E-state index in [0.717, 1.165) is 39.7 Å². The molecule has 1 heterocycles. The molecule has 0 atom stereocenters. The van der Waals surface area contributed by atoms with Crippen LogP contribution in [0.2, 0.25) is 0 Å². The number of phenols is 1. The summed E-state index contributed by atoms with van der Waals surface area (Å²) in [6.45, 7) is 8.82. The van der Waals surface area contributed by atoms with Gasteiger partial charge in [-0.05, 0) is 61.1 Å². The molecule has 3 N–H and O–H groups in total. The zero-order valence-corrected chi connectivity index (χ0v) is 17.1. The van der Waals surface area contributed by atoms with Crippen LogP contribution < -0.4 is 5.32 Å². The lowest BCUT2D eigenvalue weighted by Crippen LogP contribution is -2.21. The Bertz CT molecular complexity index is 1100. The molecule has 0 spiro atoms. The Morgan fingerprint density at radius 3 is 2.48 bits per heavy atom. The van der Waals surface area contributed by atoms with E-state index in [1.165, 1.54) is 0 Å². The number of carbonyl (C=O) groups is 2. The van der Waals surface area contributed by atoms with Crippen LogP contribution in [0.15, 0.2) is 36.4 Å². The number of nitrogens with one attached hydrogen (secondary N) is 1. The first kappa shape index (κ1) is 20.5. The number of anilines is 1. The highest BCUT2D eigenvalue weighted by Gasteiger charge is 2.17. The lowest BCUT2D eigenvalue weighted by Gasteiger charge is -2.14. The quantitative estimate of drug-likeness (QED) is 0.565. The number of aromatic hydroxyl groups is 1. The number of rotatable bonds is 5. The number of carboxylic acid groups (broad SMARTS) is 1. The second-order valence-electron chi connectivity index (χ2n) is 7.88. The molecule has 1 aromatic heterocycles. The van der Waals surface area contributed by atoms with Gasteiger partial charge in [0, 0.05) is 17.6 Å². The van der Waals surface area contributed by atoms with Crippen LogP contribution in [-0.4, -0.2) is 26.7 Å². The van der Waals surface area contributed by atoms with E-state index in [4.69, 9.17) is 5.11 Å². The van der Waals surface area contributed by atoms with Gasteiger partial charge >= 0.3 is 11.9 Å². The topological polar surface area (TPSA) is 91.6 Å². The number of aromatic nitrogens is 1. The molecule has 2 aromatic carbocycles. The van der Waals surface area contributed by atoms with E-state index in [9.17, 15) is 14.7 Å². The zero-order chi connectivity index (χ0) is 21.3. The van der Waals surface area contributed by atoms with E-state index in [-0.39, 0.29) is 0 Å². The third kappa shape index (κ3) is 4.26. The molecule has 6 nitrogen and oxygen atoms in total. The van der Waals surface area contributed by atoms with Crippen molar-refractivity contribution in [3.63, 3.8) is 0 Å². The summed E-state index contributed by atoms with van der Waals surface area (Å²) in [6.07, 6.45) is 0.801. The Labute approximate surface area is 169 Å². The molecule has 3 rings (SSSR count). The van der Waals surface area contributed by atoms with E-state index in [2.05, 4.69) is 23.7 Å². The summed E-state index contributed by atoms with van der Waals surface area (Å²) in [4.78, 5) is 22.6. The predicted octanol–water partition coefficient (Wildman–Crippen LogP) is 4.23. The summed E-state index contributed by atoms with van der Waals surface area (Å²) in [5.41, 5.74) is 5.45. The molecule has 0 unspecified atom stereocenters. The maximum atomic E-state index is 11.6. The van der Waals surface area contributed by atoms with E-state index in [1.807, 2.05) is 38.1 Å². The van der Waals surface area contributed by atoms with Crippen molar-refractivity contribution in [2.45, 2.75) is 40.7 Å². The Hall–Kier alpha value is -3.28. The van der Waals surface area contributed by atoms with Gasteiger partial charge in [-0.3, -0.25) is 4.79 Å². The van der Waals surface area contributed by atoms with Crippen molar-refractivity contribution in [2.75, 3.05) is 5.32 Å². The number of benzene rings is 2. The standard InChI is InChI=1S/C23H26N2O4/c1-13(2)9-17-11-16(6-8-20(17)26)12-25-15(4)10-18-19(24-22(27)23(28)29)7-5-14(3)21(18)25/h5-8,10-11,13,26H,9,12H2,1-4H3,(H,24,27)(H,28,29). The Kier molecular flexibility index (Phi) is 5.64. The number of fused-ring (bicyclic) bond motifs is 1. The number of carbonyl (C=O) groups excluding carboxylic acids is 1. The predicted molar refractivity (Wildman–Crippen MR) is 113 cm³/mol. The molecule has 29 heavy (non-hydrogen) atoms. The van der Waals surface area contributed by atoms with Gasteiger partial charge in [-0.15, -0.1) is 0 Å². The van der Waals surface area contributed by atoms with Gasteiger partial charge in [0.25, 0.3) is 0 Å². The molecule has 152 valence electrons. The number of carboxylic acids is 1. The van der Waals surface area contributed by atoms with Crippen molar-refractivity contribution in [3.8, 4) is 5.75 Å². The fraction of sp³-hybridized carbons (Fsp3) is 0.304. The van der Waals surface area contributed by atoms with Crippen molar-refractivity contribution in [3.05, 3.63) is 58.8 Å². The normalized spacial score (nSPS) is 11.2. The minimum atomic E-state index is -1.52. The van der Waals surface area contributed by atoms with Crippen molar-refractivity contribution in [2.24, 2.45) is 5.92 Å². The minimum absolute atomic E-state index is 0.311. The number of phenolic OH excluding ortho intramolecular Hbond substituents is 1. The summed E-state index contributed by atoms with van der Waals surface area (Å²) in [6, 6.07) is 11.2. The highest BCUT2D eigenvalue weighted by Crippen LogP contribution is 2.31. The third-order valence-corrected chi connectivity index (χ3v) is 5.02. The number of amides is 1. The first-order valence-electron chi connectivity index (χ1n) is 9.62. The smallest absolute Gasteiger partial charge is 0.394 e. The lowest BCUT2D eigenvalue weighted by atomic mass is 10.00. The van der Waals surface area contributed by atoms with Gasteiger partial charge in [0.1, 0.15) is 5.75 Å². The maximum absolute atomic E-state index is 11.6. The van der Waals surface area contributed by atoms with Crippen molar-refractivity contribution >= 4 is 28.5 Å². The molecule has 0 saturated heterocycles. The Morgan fingerprint density at radius 2 is 1.83 bits per heavy atom. The average molecular weight is 394 g/mol. The Balaban J connectivity index is 2.04. The van der Waals surface area contributed by atoms with Crippen LogP contribution >= 0.6 is 0 Å². The fourth-order valence-corrected chi connectivity index (χ4v) is 3.70. The summed E-state index contributed by atoms with van der Waals surface area (Å²) in [7, 11) is 0. The summed E-state index contributed by atoms with van der Waals surface area (Å²) in [5.74, 6) is -1.83. The molecule has 1 amide bonds. The van der Waals surface area contributed by atoms with E-state index in [1.54, 1.807) is 12.1 Å². The number of hydrogen-bond acceptors (Lipinski definition) is 3. The second kappa shape index (κ2) is 7.99. The Morgan fingerprint density at radius 1 is 1.10 bits per heavy atom. The SMILES string of the molecule is Cc1ccc(NC(=O)C(=O)O)c2cc(C)n(Cc3ccc(O)c(CC(C)C)c3)c12. The zero-order valence-electron chi connectivity index (χ0n) is 17.1. The maximum Gasteiger partial charge on any atom is 0.394 e. The summed E-state index contributed by atoms with van der Waals surface area (Å²) in [5, 5.41) is 22.3. The second-order valence-corrected chi connectivity index (χ2v) is 7.88. The lowest BCUT2D eigenvalue weighted by molar-refractivity contribution is -0.147. The van der Waals surface area contributed by atoms with Gasteiger partial charge in [0.15, 0.2) is 0 Å². The molecule has 6 heteroatoms. The van der Waals surface area contributed by atoms with E-state index < -0.39 is 11.9 Å². The van der Waals surface area contributed by atoms with Crippen LogP contribution in [0.1, 0.15) is 36.2 Å². The van der Waals surface area contributed by atoms with Gasteiger partial charge in [-0.2, -0.15) is 0 Å². The molecular formula is C23H26N2O4. The van der Waals surface area contributed by atoms with Crippen molar-refractivity contribution < 1.29 is 19.8 Å². The van der Waals surface area contributed by atoms with Gasteiger partial charge < -0.3 is 20.1 Å². The number of aliphatic carboxylic acids is 1. The molecule has 0 saturated carbocycles. The van der Waals surface area contributed by atoms with Crippen LogP contribution in [-0.2, 0) is 22.6 Å². The van der Waals surface area contributed by atoms with Crippen LogP contribution in [0, 0.1) is 19.8 Å².